The summed E-state index contributed by atoms with van der Waals surface area (Å²) < 4.78 is 17.3. The maximum Gasteiger partial charge on any atom is 0.291 e. The van der Waals surface area contributed by atoms with Gasteiger partial charge in [0.05, 0.1) is 12.3 Å². The van der Waals surface area contributed by atoms with Gasteiger partial charge in [0.15, 0.2) is 11.5 Å². The fourth-order valence-electron chi connectivity index (χ4n) is 5.20. The van der Waals surface area contributed by atoms with Crippen molar-refractivity contribution in [1.82, 2.24) is 4.90 Å². The molecule has 0 spiro atoms. The van der Waals surface area contributed by atoms with E-state index in [-0.39, 0.29) is 30.2 Å². The predicted octanol–water partition coefficient (Wildman–Crippen LogP) is 7.11. The van der Waals surface area contributed by atoms with Crippen molar-refractivity contribution in [3.63, 3.8) is 0 Å². The maximum absolute atomic E-state index is 13.5. The van der Waals surface area contributed by atoms with Crippen molar-refractivity contribution >= 4 is 17.5 Å². The van der Waals surface area contributed by atoms with Gasteiger partial charge in [-0.25, -0.2) is 0 Å². The summed E-state index contributed by atoms with van der Waals surface area (Å²) >= 11 is 0. The molecule has 0 bridgehead atoms. The highest BCUT2D eigenvalue weighted by Crippen LogP contribution is 2.38. The summed E-state index contributed by atoms with van der Waals surface area (Å²) in [4.78, 5) is 28.0. The van der Waals surface area contributed by atoms with Crippen LogP contribution < -0.4 is 10.1 Å². The minimum Gasteiger partial charge on any atom is -0.486 e. The summed E-state index contributed by atoms with van der Waals surface area (Å²) in [5, 5.41) is 2.84. The summed E-state index contributed by atoms with van der Waals surface area (Å²) in [5.74, 6) is 1.24. The van der Waals surface area contributed by atoms with Crippen LogP contribution in [0.1, 0.15) is 60.7 Å². The first-order valence-corrected chi connectivity index (χ1v) is 13.6. The summed E-state index contributed by atoms with van der Waals surface area (Å²) in [6.07, 6.45) is 2.24. The molecular formula is C34H30N2O5. The van der Waals surface area contributed by atoms with Crippen LogP contribution >= 0.6 is 0 Å². The van der Waals surface area contributed by atoms with Gasteiger partial charge in [-0.3, -0.25) is 9.59 Å². The number of nitrogens with one attached hydrogen (secondary N) is 1. The van der Waals surface area contributed by atoms with E-state index in [1.807, 2.05) is 67.3 Å². The monoisotopic (exact) mass is 546 g/mol. The lowest BCUT2D eigenvalue weighted by Crippen LogP contribution is -2.40. The molecule has 1 aliphatic heterocycles. The van der Waals surface area contributed by atoms with Gasteiger partial charge in [-0.15, -0.1) is 0 Å². The van der Waals surface area contributed by atoms with Crippen molar-refractivity contribution in [2.75, 3.05) is 11.9 Å². The SMILES string of the molecule is Cc1ccc(NC(=O)c2ccc(COc3ccc4c(c3)C(c3cccc(C)c3)N(C(=O)c3ccco3)CC4)o2)cc1. The Bertz CT molecular complexity index is 1680. The van der Waals surface area contributed by atoms with E-state index in [0.717, 1.165) is 28.7 Å². The van der Waals surface area contributed by atoms with Crippen LogP contribution in [0.2, 0.25) is 0 Å². The smallest absolute Gasteiger partial charge is 0.291 e. The first-order chi connectivity index (χ1) is 19.9. The Hall–Kier alpha value is -5.04. The molecule has 0 radical (unpaired) electrons. The minimum atomic E-state index is -0.323. The highest BCUT2D eigenvalue weighted by molar-refractivity contribution is 6.02. The second-order valence-electron chi connectivity index (χ2n) is 10.3. The Morgan fingerprint density at radius 3 is 2.54 bits per heavy atom. The van der Waals surface area contributed by atoms with E-state index in [1.165, 1.54) is 11.8 Å². The van der Waals surface area contributed by atoms with Crippen molar-refractivity contribution in [2.24, 2.45) is 0 Å². The van der Waals surface area contributed by atoms with Gasteiger partial charge in [-0.2, -0.15) is 0 Å². The largest absolute Gasteiger partial charge is 0.486 e. The predicted molar refractivity (Wildman–Crippen MR) is 155 cm³/mol. The van der Waals surface area contributed by atoms with Gasteiger partial charge in [-0.05, 0) is 85.5 Å². The number of anilines is 1. The Morgan fingerprint density at radius 1 is 0.902 bits per heavy atom. The number of fused-ring (bicyclic) bond motifs is 1. The fourth-order valence-corrected chi connectivity index (χ4v) is 5.20. The molecule has 0 saturated heterocycles. The quantitative estimate of drug-likeness (QED) is 0.235. The average Bonchev–Trinajstić information content (AvgIpc) is 3.69. The van der Waals surface area contributed by atoms with Crippen LogP contribution in [-0.2, 0) is 13.0 Å². The normalized spacial score (nSPS) is 14.4. The van der Waals surface area contributed by atoms with E-state index in [2.05, 4.69) is 23.5 Å². The number of hydrogen-bond acceptors (Lipinski definition) is 5. The molecule has 0 saturated carbocycles. The minimum absolute atomic E-state index is 0.148. The number of carbonyl (C=O) groups excluding carboxylic acids is 2. The average molecular weight is 547 g/mol. The third kappa shape index (κ3) is 5.65. The van der Waals surface area contributed by atoms with E-state index >= 15 is 0 Å². The lowest BCUT2D eigenvalue weighted by molar-refractivity contribution is 0.0661. The first kappa shape index (κ1) is 26.2. The highest BCUT2D eigenvalue weighted by atomic mass is 16.5. The molecule has 1 atom stereocenters. The molecule has 1 unspecified atom stereocenters. The fraction of sp³-hybridized carbons (Fsp3) is 0.176. The van der Waals surface area contributed by atoms with E-state index < -0.39 is 0 Å². The number of furan rings is 2. The van der Waals surface area contributed by atoms with Gasteiger partial charge in [-0.1, -0.05) is 53.6 Å². The van der Waals surface area contributed by atoms with Crippen LogP contribution in [0.4, 0.5) is 5.69 Å². The van der Waals surface area contributed by atoms with Gasteiger partial charge in [0.25, 0.3) is 11.8 Å². The van der Waals surface area contributed by atoms with Crippen molar-refractivity contribution in [1.29, 1.82) is 0 Å². The molecule has 0 fully saturated rings. The highest BCUT2D eigenvalue weighted by Gasteiger charge is 2.34. The van der Waals surface area contributed by atoms with Gasteiger partial charge in [0, 0.05) is 12.2 Å². The molecule has 0 aliphatic carbocycles. The van der Waals surface area contributed by atoms with E-state index in [4.69, 9.17) is 13.6 Å². The molecule has 7 nitrogen and oxygen atoms in total. The van der Waals surface area contributed by atoms with Crippen molar-refractivity contribution in [3.8, 4) is 5.75 Å². The van der Waals surface area contributed by atoms with Crippen LogP contribution in [0, 0.1) is 13.8 Å². The summed E-state index contributed by atoms with van der Waals surface area (Å²) in [7, 11) is 0. The van der Waals surface area contributed by atoms with Crippen LogP contribution in [0.3, 0.4) is 0 Å². The third-order valence-corrected chi connectivity index (χ3v) is 7.27. The van der Waals surface area contributed by atoms with Crippen LogP contribution in [0.5, 0.6) is 5.75 Å². The molecule has 7 heteroatoms. The zero-order chi connectivity index (χ0) is 28.3. The summed E-state index contributed by atoms with van der Waals surface area (Å²) in [6, 6.07) is 28.3. The summed E-state index contributed by atoms with van der Waals surface area (Å²) in [6.45, 7) is 4.77. The molecule has 2 amide bonds. The number of carbonyl (C=O) groups is 2. The molecule has 3 heterocycles. The molecule has 1 aliphatic rings. The number of hydrogen-bond donors (Lipinski definition) is 1. The molecule has 41 heavy (non-hydrogen) atoms. The zero-order valence-electron chi connectivity index (χ0n) is 22.9. The number of amides is 2. The molecule has 5 aromatic rings. The Labute approximate surface area is 238 Å². The summed E-state index contributed by atoms with van der Waals surface area (Å²) in [5.41, 5.74) is 6.14. The lowest BCUT2D eigenvalue weighted by Gasteiger charge is -2.37. The number of rotatable bonds is 7. The van der Waals surface area contributed by atoms with Gasteiger partial charge >= 0.3 is 0 Å². The van der Waals surface area contributed by atoms with Crippen molar-refractivity contribution in [3.05, 3.63) is 142 Å². The van der Waals surface area contributed by atoms with Crippen LogP contribution in [-0.4, -0.2) is 23.3 Å². The van der Waals surface area contributed by atoms with Crippen molar-refractivity contribution in [2.45, 2.75) is 32.9 Å². The van der Waals surface area contributed by atoms with E-state index in [1.54, 1.807) is 24.3 Å². The van der Waals surface area contributed by atoms with E-state index in [0.29, 0.717) is 29.5 Å². The maximum atomic E-state index is 13.5. The van der Waals surface area contributed by atoms with E-state index in [9.17, 15) is 9.59 Å². The van der Waals surface area contributed by atoms with Gasteiger partial charge in [0.2, 0.25) is 0 Å². The van der Waals surface area contributed by atoms with Crippen molar-refractivity contribution < 1.29 is 23.2 Å². The van der Waals surface area contributed by atoms with Crippen LogP contribution in [0.15, 0.2) is 106 Å². The number of aryl methyl sites for hydroxylation is 2. The standard InChI is InChI=1S/C34H30N2O5/c1-22-8-11-26(12-9-22)35-33(37)30-15-14-28(41-30)21-40-27-13-10-24-16-17-36(34(38)31-7-4-18-39-31)32(29(24)20-27)25-6-3-5-23(2)19-25/h3-15,18-20,32H,16-17,21H2,1-2H3,(H,35,37). The molecule has 6 rings (SSSR count). The van der Waals surface area contributed by atoms with Gasteiger partial charge < -0.3 is 23.8 Å². The molecule has 3 aromatic carbocycles. The number of benzene rings is 3. The first-order valence-electron chi connectivity index (χ1n) is 13.6. The zero-order valence-corrected chi connectivity index (χ0v) is 22.9. The Balaban J connectivity index is 1.21. The Kier molecular flexibility index (Phi) is 7.17. The topological polar surface area (TPSA) is 84.9 Å². The molecular weight excluding hydrogens is 516 g/mol. The van der Waals surface area contributed by atoms with Crippen LogP contribution in [0.25, 0.3) is 0 Å². The molecule has 2 aromatic heterocycles. The second-order valence-corrected chi connectivity index (χ2v) is 10.3. The third-order valence-electron chi connectivity index (χ3n) is 7.27. The second kappa shape index (κ2) is 11.2. The lowest BCUT2D eigenvalue weighted by atomic mass is 9.87. The number of nitrogens with zero attached hydrogens (tertiary/aromatic N) is 1. The number of ether oxygens (including phenoxy) is 1. The Morgan fingerprint density at radius 2 is 1.76 bits per heavy atom. The van der Waals surface area contributed by atoms with Gasteiger partial charge in [0.1, 0.15) is 18.1 Å². The molecule has 206 valence electrons. The molecule has 1 N–H and O–H groups in total.